The van der Waals surface area contributed by atoms with Crippen molar-refractivity contribution in [1.82, 2.24) is 15.1 Å². The number of nitrogens with one attached hydrogen (secondary N) is 1. The minimum Gasteiger partial charge on any atom is -0.508 e. The van der Waals surface area contributed by atoms with Crippen LogP contribution in [0.2, 0.25) is 0 Å². The van der Waals surface area contributed by atoms with E-state index < -0.39 is 0 Å². The van der Waals surface area contributed by atoms with Crippen LogP contribution in [0.1, 0.15) is 0 Å². The van der Waals surface area contributed by atoms with E-state index in [1.54, 1.807) is 12.1 Å². The fraction of sp³-hybridized carbons (Fsp3) is 0.467. The van der Waals surface area contributed by atoms with E-state index >= 15 is 0 Å². The molecular formula is C15H20N4O3. The number of rotatable bonds is 3. The molecule has 0 saturated carbocycles. The average Bonchev–Trinajstić information content (AvgIpc) is 2.95. The number of carbonyl (C=O) groups excluding carboxylic acids is 2. The van der Waals surface area contributed by atoms with Crippen LogP contribution in [-0.4, -0.2) is 72.7 Å². The molecule has 2 aliphatic rings. The summed E-state index contributed by atoms with van der Waals surface area (Å²) in [7, 11) is 0. The highest BCUT2D eigenvalue weighted by atomic mass is 16.3. The summed E-state index contributed by atoms with van der Waals surface area (Å²) in [4.78, 5) is 29.1. The lowest BCUT2D eigenvalue weighted by atomic mass is 10.2. The van der Waals surface area contributed by atoms with Crippen LogP contribution in [0.25, 0.3) is 0 Å². The van der Waals surface area contributed by atoms with Crippen LogP contribution in [0, 0.1) is 0 Å². The third-order valence-electron chi connectivity index (χ3n) is 4.10. The molecule has 0 atom stereocenters. The highest BCUT2D eigenvalue weighted by Gasteiger charge is 2.28. The fourth-order valence-electron chi connectivity index (χ4n) is 2.81. The van der Waals surface area contributed by atoms with Gasteiger partial charge in [0, 0.05) is 45.0 Å². The van der Waals surface area contributed by atoms with E-state index in [2.05, 4.69) is 15.1 Å². The van der Waals surface area contributed by atoms with Gasteiger partial charge in [-0.1, -0.05) is 0 Å². The normalized spacial score (nSPS) is 19.4. The van der Waals surface area contributed by atoms with Crippen LogP contribution in [0.15, 0.2) is 24.3 Å². The second kappa shape index (κ2) is 6.23. The first kappa shape index (κ1) is 14.6. The van der Waals surface area contributed by atoms with Gasteiger partial charge < -0.3 is 15.3 Å². The van der Waals surface area contributed by atoms with Crippen molar-refractivity contribution in [3.63, 3.8) is 0 Å². The number of phenolic OH excluding ortho intramolecular Hbond substituents is 1. The molecule has 2 fully saturated rings. The Balaban J connectivity index is 1.50. The Morgan fingerprint density at radius 3 is 2.36 bits per heavy atom. The molecule has 2 N–H and O–H groups in total. The molecule has 0 spiro atoms. The lowest BCUT2D eigenvalue weighted by Gasteiger charge is -2.36. The number of urea groups is 1. The number of phenols is 1. The van der Waals surface area contributed by atoms with Crippen LogP contribution in [-0.2, 0) is 4.79 Å². The molecule has 22 heavy (non-hydrogen) atoms. The Bertz CT molecular complexity index is 552. The fourth-order valence-corrected chi connectivity index (χ4v) is 2.81. The molecule has 1 aromatic rings. The first-order valence-corrected chi connectivity index (χ1v) is 7.48. The lowest BCUT2D eigenvalue weighted by Crippen LogP contribution is -2.50. The third-order valence-corrected chi connectivity index (χ3v) is 4.10. The van der Waals surface area contributed by atoms with Gasteiger partial charge in [0.15, 0.2) is 0 Å². The number of amides is 3. The van der Waals surface area contributed by atoms with E-state index in [1.165, 1.54) is 4.90 Å². The minimum absolute atomic E-state index is 0.131. The Labute approximate surface area is 129 Å². The summed E-state index contributed by atoms with van der Waals surface area (Å²) in [5, 5.41) is 12.0. The maximum absolute atomic E-state index is 12.1. The summed E-state index contributed by atoms with van der Waals surface area (Å²) in [5.74, 6) is 0.130. The van der Waals surface area contributed by atoms with Crippen molar-refractivity contribution >= 4 is 17.6 Å². The molecule has 2 aliphatic heterocycles. The Hall–Kier alpha value is -2.28. The number of anilines is 1. The molecule has 118 valence electrons. The number of hydrogen-bond donors (Lipinski definition) is 2. The van der Waals surface area contributed by atoms with Crippen molar-refractivity contribution in [3.05, 3.63) is 24.3 Å². The largest absolute Gasteiger partial charge is 0.508 e. The number of nitrogens with zero attached hydrogens (tertiary/aromatic N) is 3. The van der Waals surface area contributed by atoms with Crippen molar-refractivity contribution in [2.24, 2.45) is 0 Å². The number of imide groups is 1. The number of hydrogen-bond acceptors (Lipinski definition) is 5. The highest BCUT2D eigenvalue weighted by molar-refractivity contribution is 5.96. The summed E-state index contributed by atoms with van der Waals surface area (Å²) in [6.45, 7) is 4.50. The third kappa shape index (κ3) is 3.14. The first-order chi connectivity index (χ1) is 10.6. The maximum Gasteiger partial charge on any atom is 0.324 e. The zero-order valence-corrected chi connectivity index (χ0v) is 12.4. The molecule has 7 nitrogen and oxygen atoms in total. The van der Waals surface area contributed by atoms with Crippen LogP contribution >= 0.6 is 0 Å². The van der Waals surface area contributed by atoms with Gasteiger partial charge in [-0.25, -0.2) is 4.79 Å². The zero-order chi connectivity index (χ0) is 15.5. The maximum atomic E-state index is 12.1. The summed E-state index contributed by atoms with van der Waals surface area (Å²) in [6.07, 6.45) is 0. The van der Waals surface area contributed by atoms with E-state index in [1.807, 2.05) is 12.1 Å². The van der Waals surface area contributed by atoms with Gasteiger partial charge in [0.25, 0.3) is 0 Å². The van der Waals surface area contributed by atoms with E-state index in [0.29, 0.717) is 13.1 Å². The molecule has 0 radical (unpaired) electrons. The Morgan fingerprint density at radius 1 is 1.09 bits per heavy atom. The quantitative estimate of drug-likeness (QED) is 0.826. The van der Waals surface area contributed by atoms with E-state index in [-0.39, 0.29) is 24.2 Å². The molecule has 0 aromatic heterocycles. The van der Waals surface area contributed by atoms with Gasteiger partial charge in [-0.15, -0.1) is 0 Å². The Morgan fingerprint density at radius 2 is 1.77 bits per heavy atom. The molecule has 2 heterocycles. The van der Waals surface area contributed by atoms with E-state index in [0.717, 1.165) is 31.9 Å². The molecule has 3 amide bonds. The van der Waals surface area contributed by atoms with Crippen LogP contribution in [0.3, 0.4) is 0 Å². The number of benzene rings is 1. The summed E-state index contributed by atoms with van der Waals surface area (Å²) in [5.41, 5.74) is 1.07. The smallest absolute Gasteiger partial charge is 0.324 e. The molecule has 2 saturated heterocycles. The highest BCUT2D eigenvalue weighted by Crippen LogP contribution is 2.19. The predicted octanol–water partition coefficient (Wildman–Crippen LogP) is 0.0660. The number of piperazine rings is 1. The first-order valence-electron chi connectivity index (χ1n) is 7.48. The SMILES string of the molecule is O=C(CN1CCN(c2ccc(O)cc2)CC1)N1CCNC1=O. The van der Waals surface area contributed by atoms with E-state index in [4.69, 9.17) is 0 Å². The molecule has 0 unspecified atom stereocenters. The second-order valence-electron chi connectivity index (χ2n) is 5.56. The second-order valence-corrected chi connectivity index (χ2v) is 5.56. The molecule has 0 aliphatic carbocycles. The molecule has 1 aromatic carbocycles. The van der Waals surface area contributed by atoms with Gasteiger partial charge in [0.1, 0.15) is 5.75 Å². The average molecular weight is 304 g/mol. The van der Waals surface area contributed by atoms with Crippen LogP contribution < -0.4 is 10.2 Å². The Kier molecular flexibility index (Phi) is 4.15. The predicted molar refractivity (Wildman–Crippen MR) is 81.9 cm³/mol. The van der Waals surface area contributed by atoms with Crippen molar-refractivity contribution in [1.29, 1.82) is 0 Å². The molecular weight excluding hydrogens is 284 g/mol. The van der Waals surface area contributed by atoms with Gasteiger partial charge >= 0.3 is 6.03 Å². The monoisotopic (exact) mass is 304 g/mol. The van der Waals surface area contributed by atoms with Crippen molar-refractivity contribution in [2.45, 2.75) is 0 Å². The topological polar surface area (TPSA) is 76.1 Å². The molecule has 3 rings (SSSR count). The van der Waals surface area contributed by atoms with Crippen LogP contribution in [0.5, 0.6) is 5.75 Å². The zero-order valence-electron chi connectivity index (χ0n) is 12.4. The number of aromatic hydroxyl groups is 1. The summed E-state index contributed by atoms with van der Waals surface area (Å²) < 4.78 is 0. The van der Waals surface area contributed by atoms with Gasteiger partial charge in [-0.2, -0.15) is 0 Å². The lowest BCUT2D eigenvalue weighted by molar-refractivity contribution is -0.128. The molecule has 7 heteroatoms. The standard InChI is InChI=1S/C15H20N4O3/c20-13-3-1-12(2-4-13)18-9-7-17(8-10-18)11-14(21)19-6-5-16-15(19)22/h1-4,20H,5-11H2,(H,16,22). The van der Waals surface area contributed by atoms with Gasteiger partial charge in [-0.05, 0) is 24.3 Å². The van der Waals surface area contributed by atoms with Crippen molar-refractivity contribution < 1.29 is 14.7 Å². The van der Waals surface area contributed by atoms with Crippen molar-refractivity contribution in [2.75, 3.05) is 50.7 Å². The summed E-state index contributed by atoms with van der Waals surface area (Å²) >= 11 is 0. The van der Waals surface area contributed by atoms with Crippen molar-refractivity contribution in [3.8, 4) is 5.75 Å². The van der Waals surface area contributed by atoms with Gasteiger partial charge in [0.05, 0.1) is 6.54 Å². The van der Waals surface area contributed by atoms with Gasteiger partial charge in [0.2, 0.25) is 5.91 Å². The molecule has 0 bridgehead atoms. The van der Waals surface area contributed by atoms with Crippen LogP contribution in [0.4, 0.5) is 10.5 Å². The minimum atomic E-state index is -0.285. The van der Waals surface area contributed by atoms with E-state index in [9.17, 15) is 14.7 Å². The summed E-state index contributed by atoms with van der Waals surface area (Å²) in [6, 6.07) is 6.86. The number of carbonyl (C=O) groups is 2. The van der Waals surface area contributed by atoms with Gasteiger partial charge in [-0.3, -0.25) is 14.6 Å².